The lowest BCUT2D eigenvalue weighted by Gasteiger charge is -2.17. The van der Waals surface area contributed by atoms with E-state index in [-0.39, 0.29) is 11.9 Å². The van der Waals surface area contributed by atoms with Crippen molar-refractivity contribution in [3.63, 3.8) is 0 Å². The Morgan fingerprint density at radius 3 is 2.52 bits per heavy atom. The van der Waals surface area contributed by atoms with Crippen molar-refractivity contribution in [2.45, 2.75) is 46.2 Å². The lowest BCUT2D eigenvalue weighted by atomic mass is 10.0. The first-order valence-electron chi connectivity index (χ1n) is 7.60. The molecule has 1 heterocycles. The second-order valence-electron chi connectivity index (χ2n) is 5.47. The molecule has 0 spiro atoms. The third-order valence-electron chi connectivity index (χ3n) is 3.72. The quantitative estimate of drug-likeness (QED) is 0.786. The summed E-state index contributed by atoms with van der Waals surface area (Å²) in [4.78, 5) is 0. The highest BCUT2D eigenvalue weighted by Gasteiger charge is 2.08. The highest BCUT2D eigenvalue weighted by molar-refractivity contribution is 5.19. The molecular weight excluding hydrogens is 265 g/mol. The molecule has 0 aliphatic rings. The predicted octanol–water partition coefficient (Wildman–Crippen LogP) is 3.77. The molecule has 114 valence electrons. The summed E-state index contributed by atoms with van der Waals surface area (Å²) in [6.07, 6.45) is 2.02. The zero-order chi connectivity index (χ0) is 15.2. The standard InChI is InChI=1S/C17H24FN3/c1-4-17(15-6-8-16(18)9-7-15)19-10-5-11-21-14(3)12-13(2)20-21/h6-9,12,17,19H,4-5,10-11H2,1-3H3. The molecule has 21 heavy (non-hydrogen) atoms. The van der Waals surface area contributed by atoms with Crippen molar-refractivity contribution in [3.05, 3.63) is 53.1 Å². The van der Waals surface area contributed by atoms with E-state index in [0.29, 0.717) is 0 Å². The van der Waals surface area contributed by atoms with Gasteiger partial charge in [0.15, 0.2) is 0 Å². The third-order valence-corrected chi connectivity index (χ3v) is 3.72. The van der Waals surface area contributed by atoms with Crippen LogP contribution >= 0.6 is 0 Å². The Hall–Kier alpha value is -1.68. The monoisotopic (exact) mass is 289 g/mol. The maximum atomic E-state index is 13.0. The van der Waals surface area contributed by atoms with Gasteiger partial charge < -0.3 is 5.32 Å². The lowest BCUT2D eigenvalue weighted by Crippen LogP contribution is -2.23. The largest absolute Gasteiger partial charge is 0.310 e. The Kier molecular flexibility index (Phi) is 5.51. The van der Waals surface area contributed by atoms with Gasteiger partial charge in [-0.05, 0) is 57.0 Å². The summed E-state index contributed by atoms with van der Waals surface area (Å²) in [5.41, 5.74) is 3.42. The molecule has 1 aromatic heterocycles. The van der Waals surface area contributed by atoms with E-state index in [0.717, 1.165) is 37.2 Å². The summed E-state index contributed by atoms with van der Waals surface area (Å²) in [6.45, 7) is 8.09. The Morgan fingerprint density at radius 2 is 1.95 bits per heavy atom. The van der Waals surface area contributed by atoms with Gasteiger partial charge in [-0.1, -0.05) is 19.1 Å². The van der Waals surface area contributed by atoms with Crippen LogP contribution < -0.4 is 5.32 Å². The molecular formula is C17H24FN3. The first-order chi connectivity index (χ1) is 10.1. The molecule has 0 saturated carbocycles. The molecule has 0 saturated heterocycles. The lowest BCUT2D eigenvalue weighted by molar-refractivity contribution is 0.475. The third kappa shape index (κ3) is 4.39. The summed E-state index contributed by atoms with van der Waals surface area (Å²) in [6, 6.07) is 9.15. The molecule has 2 rings (SSSR count). The second-order valence-corrected chi connectivity index (χ2v) is 5.47. The topological polar surface area (TPSA) is 29.9 Å². The average Bonchev–Trinajstić information content (AvgIpc) is 2.78. The van der Waals surface area contributed by atoms with Crippen molar-refractivity contribution in [1.29, 1.82) is 0 Å². The number of aromatic nitrogens is 2. The van der Waals surface area contributed by atoms with Gasteiger partial charge >= 0.3 is 0 Å². The van der Waals surface area contributed by atoms with Crippen LogP contribution in [0.5, 0.6) is 0 Å². The molecule has 0 radical (unpaired) electrons. The number of nitrogens with zero attached hydrogens (tertiary/aromatic N) is 2. The summed E-state index contributed by atoms with van der Waals surface area (Å²) < 4.78 is 15.0. The highest BCUT2D eigenvalue weighted by Crippen LogP contribution is 2.16. The number of halogens is 1. The molecule has 0 amide bonds. The number of benzene rings is 1. The number of nitrogens with one attached hydrogen (secondary N) is 1. The Balaban J connectivity index is 1.81. The Morgan fingerprint density at radius 1 is 1.24 bits per heavy atom. The van der Waals surface area contributed by atoms with Crippen molar-refractivity contribution in [1.82, 2.24) is 15.1 Å². The van der Waals surface area contributed by atoms with E-state index in [4.69, 9.17) is 0 Å². The SMILES string of the molecule is CCC(NCCCn1nc(C)cc1C)c1ccc(F)cc1. The van der Waals surface area contributed by atoms with Crippen LogP contribution in [0, 0.1) is 19.7 Å². The molecule has 1 aromatic carbocycles. The smallest absolute Gasteiger partial charge is 0.123 e. The van der Waals surface area contributed by atoms with Crippen LogP contribution in [0.25, 0.3) is 0 Å². The maximum Gasteiger partial charge on any atom is 0.123 e. The normalized spacial score (nSPS) is 12.6. The molecule has 1 unspecified atom stereocenters. The van der Waals surface area contributed by atoms with Gasteiger partial charge in [-0.3, -0.25) is 4.68 Å². The molecule has 0 aliphatic carbocycles. The second kappa shape index (κ2) is 7.36. The van der Waals surface area contributed by atoms with Crippen molar-refractivity contribution in [2.24, 2.45) is 0 Å². The van der Waals surface area contributed by atoms with Gasteiger partial charge in [0.05, 0.1) is 5.69 Å². The summed E-state index contributed by atoms with van der Waals surface area (Å²) in [5.74, 6) is -0.182. The highest BCUT2D eigenvalue weighted by atomic mass is 19.1. The fraction of sp³-hybridized carbons (Fsp3) is 0.471. The molecule has 0 fully saturated rings. The molecule has 4 heteroatoms. The van der Waals surface area contributed by atoms with Crippen molar-refractivity contribution in [2.75, 3.05) is 6.54 Å². The van der Waals surface area contributed by atoms with E-state index >= 15 is 0 Å². The van der Waals surface area contributed by atoms with E-state index in [1.165, 1.54) is 17.8 Å². The van der Waals surface area contributed by atoms with Gasteiger partial charge in [-0.15, -0.1) is 0 Å². The van der Waals surface area contributed by atoms with Gasteiger partial charge in [0, 0.05) is 18.3 Å². The van der Waals surface area contributed by atoms with Crippen molar-refractivity contribution in [3.8, 4) is 0 Å². The summed E-state index contributed by atoms with van der Waals surface area (Å²) in [7, 11) is 0. The number of rotatable bonds is 7. The Labute approximate surface area is 126 Å². The van der Waals surface area contributed by atoms with Crippen molar-refractivity contribution < 1.29 is 4.39 Å². The van der Waals surface area contributed by atoms with Gasteiger partial charge in [-0.25, -0.2) is 4.39 Å². The first kappa shape index (κ1) is 15.7. The number of hydrogen-bond donors (Lipinski definition) is 1. The minimum absolute atomic E-state index is 0.182. The zero-order valence-electron chi connectivity index (χ0n) is 13.1. The van der Waals surface area contributed by atoms with Gasteiger partial charge in [0.1, 0.15) is 5.82 Å². The molecule has 2 aromatic rings. The van der Waals surface area contributed by atoms with Gasteiger partial charge in [-0.2, -0.15) is 5.10 Å². The van der Waals surface area contributed by atoms with Crippen LogP contribution in [0.4, 0.5) is 4.39 Å². The molecule has 0 aliphatic heterocycles. The fourth-order valence-electron chi connectivity index (χ4n) is 2.60. The van der Waals surface area contributed by atoms with E-state index < -0.39 is 0 Å². The number of aryl methyl sites for hydroxylation is 3. The summed E-state index contributed by atoms with van der Waals surface area (Å²) in [5, 5.41) is 8.00. The van der Waals surface area contributed by atoms with Crippen LogP contribution in [0.1, 0.15) is 42.8 Å². The van der Waals surface area contributed by atoms with Crippen LogP contribution in [-0.4, -0.2) is 16.3 Å². The zero-order valence-corrected chi connectivity index (χ0v) is 13.1. The van der Waals surface area contributed by atoms with E-state index in [2.05, 4.69) is 35.0 Å². The predicted molar refractivity (Wildman–Crippen MR) is 83.8 cm³/mol. The minimum Gasteiger partial charge on any atom is -0.310 e. The number of hydrogen-bond acceptors (Lipinski definition) is 2. The van der Waals surface area contributed by atoms with Crippen molar-refractivity contribution >= 4 is 0 Å². The van der Waals surface area contributed by atoms with Gasteiger partial charge in [0.2, 0.25) is 0 Å². The van der Waals surface area contributed by atoms with E-state index in [9.17, 15) is 4.39 Å². The van der Waals surface area contributed by atoms with Crippen LogP contribution in [0.2, 0.25) is 0 Å². The van der Waals surface area contributed by atoms with Crippen LogP contribution in [0.15, 0.2) is 30.3 Å². The van der Waals surface area contributed by atoms with Crippen LogP contribution in [-0.2, 0) is 6.54 Å². The van der Waals surface area contributed by atoms with Crippen LogP contribution in [0.3, 0.4) is 0 Å². The fourth-order valence-corrected chi connectivity index (χ4v) is 2.60. The summed E-state index contributed by atoms with van der Waals surface area (Å²) >= 11 is 0. The minimum atomic E-state index is -0.182. The van der Waals surface area contributed by atoms with E-state index in [1.54, 1.807) is 0 Å². The Bertz CT molecular complexity index is 560. The van der Waals surface area contributed by atoms with E-state index in [1.807, 2.05) is 19.1 Å². The average molecular weight is 289 g/mol. The van der Waals surface area contributed by atoms with Gasteiger partial charge in [0.25, 0.3) is 0 Å². The molecule has 0 bridgehead atoms. The maximum absolute atomic E-state index is 13.0. The molecule has 3 nitrogen and oxygen atoms in total. The first-order valence-corrected chi connectivity index (χ1v) is 7.60. The molecule has 1 N–H and O–H groups in total. The molecule has 1 atom stereocenters.